The SMILES string of the molecule is [C-]#[N+]c1nc2c(nc1[N+]#[C-])n(-c1ccccc1)c1nc3c(=O)n(C)c(=O)c3nc1n2-c1ccccc1. The average molecular weight is 471 g/mol. The molecule has 6 aromatic rings. The summed E-state index contributed by atoms with van der Waals surface area (Å²) in [6.07, 6.45) is 0. The maximum absolute atomic E-state index is 12.8. The highest BCUT2D eigenvalue weighted by Crippen LogP contribution is 2.32. The molecule has 0 bridgehead atoms. The standard InChI is InChI=1S/C25H13N9O2/c1-26-18-19(27-2)31-23-22(30-18)33(14-10-6-4-7-11-14)20-21(34(23)15-12-8-5-9-13-15)29-17-16(28-20)24(35)32(3)25(17)36/h4-13H,3H3. The molecule has 2 aromatic carbocycles. The van der Waals surface area contributed by atoms with E-state index in [1.54, 1.807) is 9.13 Å². The monoisotopic (exact) mass is 471 g/mol. The summed E-state index contributed by atoms with van der Waals surface area (Å²) in [5.74, 6) is -0.331. The highest BCUT2D eigenvalue weighted by molar-refractivity contribution is 5.91. The minimum absolute atomic E-state index is 0.0743. The van der Waals surface area contributed by atoms with Crippen molar-refractivity contribution in [2.75, 3.05) is 0 Å². The normalized spacial score (nSPS) is 11.1. The second-order valence-corrected chi connectivity index (χ2v) is 7.82. The van der Waals surface area contributed by atoms with Crippen LogP contribution in [-0.4, -0.2) is 33.6 Å². The Hall–Kier alpha value is -5.68. The van der Waals surface area contributed by atoms with E-state index in [1.165, 1.54) is 7.05 Å². The van der Waals surface area contributed by atoms with Crippen molar-refractivity contribution >= 4 is 45.3 Å². The average Bonchev–Trinajstić information content (AvgIpc) is 3.13. The van der Waals surface area contributed by atoms with E-state index in [-0.39, 0.29) is 45.3 Å². The number of hydrogen-bond donors (Lipinski definition) is 0. The van der Waals surface area contributed by atoms with Crippen LogP contribution in [0.3, 0.4) is 0 Å². The van der Waals surface area contributed by atoms with Crippen LogP contribution >= 0.6 is 0 Å². The molecule has 0 fully saturated rings. The quantitative estimate of drug-likeness (QED) is 0.283. The molecule has 0 radical (unpaired) electrons. The first-order valence-electron chi connectivity index (χ1n) is 10.6. The smallest absolute Gasteiger partial charge is 0.300 e. The van der Waals surface area contributed by atoms with Crippen molar-refractivity contribution in [3.63, 3.8) is 0 Å². The lowest BCUT2D eigenvalue weighted by atomic mass is 10.3. The first-order valence-corrected chi connectivity index (χ1v) is 10.6. The van der Waals surface area contributed by atoms with Gasteiger partial charge in [-0.15, -0.1) is 9.97 Å². The Morgan fingerprint density at radius 1 is 0.611 bits per heavy atom. The Balaban J connectivity index is 1.98. The summed E-state index contributed by atoms with van der Waals surface area (Å²) in [5.41, 5.74) is 0.886. The summed E-state index contributed by atoms with van der Waals surface area (Å²) < 4.78 is 4.22. The second kappa shape index (κ2) is 7.68. The molecule has 0 saturated carbocycles. The molecular weight excluding hydrogens is 458 g/mol. The van der Waals surface area contributed by atoms with Crippen LogP contribution in [-0.2, 0) is 7.05 Å². The van der Waals surface area contributed by atoms with Crippen LogP contribution in [0.4, 0.5) is 11.6 Å². The van der Waals surface area contributed by atoms with Crippen molar-refractivity contribution in [2.24, 2.45) is 7.05 Å². The van der Waals surface area contributed by atoms with Crippen molar-refractivity contribution in [1.29, 1.82) is 0 Å². The predicted octanol–water partition coefficient (Wildman–Crippen LogP) is 3.47. The number of rotatable bonds is 2. The van der Waals surface area contributed by atoms with E-state index in [1.807, 2.05) is 60.7 Å². The molecule has 0 aliphatic carbocycles. The molecule has 36 heavy (non-hydrogen) atoms. The molecule has 11 nitrogen and oxygen atoms in total. The summed E-state index contributed by atoms with van der Waals surface area (Å²) in [6.45, 7) is 15.1. The van der Waals surface area contributed by atoms with Gasteiger partial charge in [0.15, 0.2) is 22.3 Å². The Morgan fingerprint density at radius 2 is 0.972 bits per heavy atom. The third-order valence-corrected chi connectivity index (χ3v) is 5.79. The molecule has 0 saturated heterocycles. The summed E-state index contributed by atoms with van der Waals surface area (Å²) in [6, 6.07) is 18.2. The zero-order valence-corrected chi connectivity index (χ0v) is 18.6. The van der Waals surface area contributed by atoms with E-state index >= 15 is 0 Å². The van der Waals surface area contributed by atoms with Gasteiger partial charge in [0.05, 0.1) is 11.4 Å². The lowest BCUT2D eigenvalue weighted by molar-refractivity contribution is 0.854. The van der Waals surface area contributed by atoms with Gasteiger partial charge in [0, 0.05) is 7.05 Å². The Morgan fingerprint density at radius 3 is 1.33 bits per heavy atom. The molecule has 6 rings (SSSR count). The molecule has 0 atom stereocenters. The fourth-order valence-electron chi connectivity index (χ4n) is 4.12. The van der Waals surface area contributed by atoms with Crippen molar-refractivity contribution in [3.8, 4) is 11.4 Å². The van der Waals surface area contributed by atoms with Crippen LogP contribution in [0.25, 0.3) is 54.7 Å². The van der Waals surface area contributed by atoms with Crippen molar-refractivity contribution in [2.45, 2.75) is 0 Å². The van der Waals surface area contributed by atoms with E-state index in [0.717, 1.165) is 4.57 Å². The van der Waals surface area contributed by atoms with Gasteiger partial charge in [-0.1, -0.05) is 49.5 Å². The molecule has 0 aliphatic heterocycles. The van der Waals surface area contributed by atoms with Crippen molar-refractivity contribution in [3.05, 3.63) is 104 Å². The number of benzene rings is 2. The fraction of sp³-hybridized carbons (Fsp3) is 0.0400. The number of hydrogen-bond acceptors (Lipinski definition) is 6. The van der Waals surface area contributed by atoms with Crippen LogP contribution in [0.15, 0.2) is 70.3 Å². The number of nitrogens with zero attached hydrogens (tertiary/aromatic N) is 9. The van der Waals surface area contributed by atoms with Gasteiger partial charge in [-0.2, -0.15) is 0 Å². The fourth-order valence-corrected chi connectivity index (χ4v) is 4.12. The van der Waals surface area contributed by atoms with Gasteiger partial charge in [-0.3, -0.25) is 23.3 Å². The summed E-state index contributed by atoms with van der Waals surface area (Å²) in [5, 5.41) is 0. The molecule has 0 unspecified atom stereocenters. The topological polar surface area (TPSA) is 109 Å². The lowest BCUT2D eigenvalue weighted by Crippen LogP contribution is -2.21. The van der Waals surface area contributed by atoms with E-state index in [2.05, 4.69) is 29.6 Å². The zero-order valence-electron chi connectivity index (χ0n) is 18.6. The third-order valence-electron chi connectivity index (χ3n) is 5.79. The summed E-state index contributed by atoms with van der Waals surface area (Å²) >= 11 is 0. The summed E-state index contributed by atoms with van der Waals surface area (Å²) in [7, 11) is 1.37. The van der Waals surface area contributed by atoms with Crippen LogP contribution in [0.2, 0.25) is 0 Å². The minimum atomic E-state index is -0.563. The largest absolute Gasteiger partial charge is 0.370 e. The highest BCUT2D eigenvalue weighted by Gasteiger charge is 2.27. The van der Waals surface area contributed by atoms with Gasteiger partial charge in [-0.05, 0) is 24.3 Å². The van der Waals surface area contributed by atoms with Crippen molar-refractivity contribution in [1.82, 2.24) is 33.6 Å². The summed E-state index contributed by atoms with van der Waals surface area (Å²) in [4.78, 5) is 50.6. The highest BCUT2D eigenvalue weighted by atomic mass is 16.2. The molecule has 170 valence electrons. The third kappa shape index (κ3) is 2.84. The van der Waals surface area contributed by atoms with Gasteiger partial charge >= 0.3 is 11.3 Å². The van der Waals surface area contributed by atoms with E-state index in [4.69, 9.17) is 13.1 Å². The van der Waals surface area contributed by atoms with Crippen LogP contribution in [0.1, 0.15) is 0 Å². The van der Waals surface area contributed by atoms with E-state index < -0.39 is 11.1 Å². The molecule has 0 N–H and O–H groups in total. The molecule has 4 heterocycles. The molecule has 0 spiro atoms. The maximum atomic E-state index is 12.8. The number of aromatic nitrogens is 7. The number of para-hydroxylation sites is 2. The molecule has 0 amide bonds. The zero-order chi connectivity index (χ0) is 25.0. The van der Waals surface area contributed by atoms with Gasteiger partial charge in [0.1, 0.15) is 0 Å². The van der Waals surface area contributed by atoms with Gasteiger partial charge in [0.25, 0.3) is 22.8 Å². The Labute approximate surface area is 201 Å². The van der Waals surface area contributed by atoms with Crippen LogP contribution < -0.4 is 11.1 Å². The van der Waals surface area contributed by atoms with Crippen LogP contribution in [0, 0.1) is 13.1 Å². The molecule has 0 aliphatic rings. The van der Waals surface area contributed by atoms with E-state index in [9.17, 15) is 9.59 Å². The lowest BCUT2D eigenvalue weighted by Gasteiger charge is -2.16. The van der Waals surface area contributed by atoms with Crippen molar-refractivity contribution < 1.29 is 0 Å². The predicted molar refractivity (Wildman–Crippen MR) is 133 cm³/mol. The Kier molecular flexibility index (Phi) is 4.46. The maximum Gasteiger partial charge on any atom is 0.300 e. The molecular formula is C25H13N9O2. The number of fused-ring (bicyclic) bond motifs is 3. The van der Waals surface area contributed by atoms with Gasteiger partial charge in [0.2, 0.25) is 0 Å². The molecule has 11 heteroatoms. The molecule has 4 aromatic heterocycles. The minimum Gasteiger partial charge on any atom is -0.370 e. The Bertz CT molecular complexity index is 1910. The first-order chi connectivity index (χ1) is 17.5. The van der Waals surface area contributed by atoms with E-state index in [0.29, 0.717) is 11.4 Å². The first kappa shape index (κ1) is 20.9. The van der Waals surface area contributed by atoms with Gasteiger partial charge in [-0.25, -0.2) is 9.97 Å². The van der Waals surface area contributed by atoms with Gasteiger partial charge < -0.3 is 9.69 Å². The van der Waals surface area contributed by atoms with Crippen LogP contribution in [0.5, 0.6) is 0 Å². The second-order valence-electron chi connectivity index (χ2n) is 7.82.